The van der Waals surface area contributed by atoms with Gasteiger partial charge in [0.05, 0.1) is 11.9 Å². The maximum atomic E-state index is 11.8. The average molecular weight is 327 g/mol. The summed E-state index contributed by atoms with van der Waals surface area (Å²) in [4.78, 5) is 21.7. The first-order valence-corrected chi connectivity index (χ1v) is 8.88. The SMILES string of the molecule is CCS(=O)(=O)N1CCN(CCNC(=O)c2cnccn2)CC1. The normalized spacial score (nSPS) is 17.3. The van der Waals surface area contributed by atoms with Gasteiger partial charge < -0.3 is 5.32 Å². The van der Waals surface area contributed by atoms with Crippen molar-refractivity contribution in [1.29, 1.82) is 0 Å². The van der Waals surface area contributed by atoms with Crippen LogP contribution in [0.15, 0.2) is 18.6 Å². The third-order valence-electron chi connectivity index (χ3n) is 3.60. The monoisotopic (exact) mass is 327 g/mol. The van der Waals surface area contributed by atoms with Gasteiger partial charge in [0.1, 0.15) is 5.69 Å². The first kappa shape index (κ1) is 16.8. The van der Waals surface area contributed by atoms with Crippen LogP contribution in [0.25, 0.3) is 0 Å². The minimum atomic E-state index is -3.09. The molecule has 0 aromatic carbocycles. The molecule has 122 valence electrons. The Morgan fingerprint density at radius 2 is 2.00 bits per heavy atom. The first-order valence-electron chi connectivity index (χ1n) is 7.27. The van der Waals surface area contributed by atoms with E-state index >= 15 is 0 Å². The Morgan fingerprint density at radius 1 is 1.27 bits per heavy atom. The van der Waals surface area contributed by atoms with E-state index in [1.165, 1.54) is 22.9 Å². The van der Waals surface area contributed by atoms with Crippen molar-refractivity contribution in [1.82, 2.24) is 24.5 Å². The summed E-state index contributed by atoms with van der Waals surface area (Å²) >= 11 is 0. The molecule has 1 saturated heterocycles. The zero-order chi connectivity index (χ0) is 16.0. The van der Waals surface area contributed by atoms with Crippen molar-refractivity contribution in [3.63, 3.8) is 0 Å². The van der Waals surface area contributed by atoms with Gasteiger partial charge in [-0.1, -0.05) is 0 Å². The highest BCUT2D eigenvalue weighted by molar-refractivity contribution is 7.89. The Kier molecular flexibility index (Phi) is 5.81. The molecule has 0 bridgehead atoms. The fraction of sp³-hybridized carbons (Fsp3) is 0.615. The molecule has 0 atom stereocenters. The van der Waals surface area contributed by atoms with Crippen molar-refractivity contribution in [3.05, 3.63) is 24.3 Å². The minimum absolute atomic E-state index is 0.140. The summed E-state index contributed by atoms with van der Waals surface area (Å²) in [7, 11) is -3.09. The van der Waals surface area contributed by atoms with Crippen molar-refractivity contribution < 1.29 is 13.2 Å². The Morgan fingerprint density at radius 3 is 2.59 bits per heavy atom. The number of rotatable bonds is 6. The van der Waals surface area contributed by atoms with E-state index in [9.17, 15) is 13.2 Å². The van der Waals surface area contributed by atoms with E-state index in [2.05, 4.69) is 20.2 Å². The number of hydrogen-bond acceptors (Lipinski definition) is 6. The molecule has 9 heteroatoms. The lowest BCUT2D eigenvalue weighted by Crippen LogP contribution is -2.50. The van der Waals surface area contributed by atoms with Crippen LogP contribution < -0.4 is 5.32 Å². The molecule has 0 spiro atoms. The lowest BCUT2D eigenvalue weighted by molar-refractivity contribution is 0.0939. The maximum absolute atomic E-state index is 11.8. The molecule has 1 aromatic heterocycles. The predicted molar refractivity (Wildman–Crippen MR) is 81.8 cm³/mol. The fourth-order valence-corrected chi connectivity index (χ4v) is 3.33. The Hall–Kier alpha value is -1.58. The molecule has 2 rings (SSSR count). The molecule has 0 saturated carbocycles. The standard InChI is InChI=1S/C13H21N5O3S/c1-2-22(20,21)18-9-7-17(8-10-18)6-5-16-13(19)12-11-14-3-4-15-12/h3-4,11H,2,5-10H2,1H3,(H,16,19). The van der Waals surface area contributed by atoms with E-state index < -0.39 is 10.0 Å². The fourth-order valence-electron chi connectivity index (χ4n) is 2.25. The van der Waals surface area contributed by atoms with Crippen molar-refractivity contribution in [2.75, 3.05) is 45.0 Å². The van der Waals surface area contributed by atoms with Crippen LogP contribution in [0.1, 0.15) is 17.4 Å². The van der Waals surface area contributed by atoms with Crippen molar-refractivity contribution in [3.8, 4) is 0 Å². The second kappa shape index (κ2) is 7.61. The summed E-state index contributed by atoms with van der Waals surface area (Å²) in [5.41, 5.74) is 0.293. The number of carbonyl (C=O) groups excluding carboxylic acids is 1. The molecule has 1 aromatic rings. The van der Waals surface area contributed by atoms with Gasteiger partial charge in [0, 0.05) is 51.7 Å². The Balaban J connectivity index is 1.70. The number of sulfonamides is 1. The van der Waals surface area contributed by atoms with Crippen LogP contribution in [0, 0.1) is 0 Å². The number of nitrogens with zero attached hydrogens (tertiary/aromatic N) is 4. The van der Waals surface area contributed by atoms with E-state index in [0.717, 1.165) is 0 Å². The number of amides is 1. The van der Waals surface area contributed by atoms with Gasteiger partial charge >= 0.3 is 0 Å². The quantitative estimate of drug-likeness (QED) is 0.733. The smallest absolute Gasteiger partial charge is 0.271 e. The third kappa shape index (κ3) is 4.46. The zero-order valence-electron chi connectivity index (χ0n) is 12.6. The van der Waals surface area contributed by atoms with Crippen LogP contribution in [-0.2, 0) is 10.0 Å². The van der Waals surface area contributed by atoms with Crippen LogP contribution in [0.5, 0.6) is 0 Å². The zero-order valence-corrected chi connectivity index (χ0v) is 13.4. The Bertz CT molecular complexity index is 585. The van der Waals surface area contributed by atoms with Gasteiger partial charge in [0.2, 0.25) is 10.0 Å². The summed E-state index contributed by atoms with van der Waals surface area (Å²) < 4.78 is 25.0. The lowest BCUT2D eigenvalue weighted by Gasteiger charge is -2.33. The molecule has 22 heavy (non-hydrogen) atoms. The summed E-state index contributed by atoms with van der Waals surface area (Å²) in [6.45, 7) is 5.22. The third-order valence-corrected chi connectivity index (χ3v) is 5.48. The van der Waals surface area contributed by atoms with Crippen LogP contribution in [0.3, 0.4) is 0 Å². The summed E-state index contributed by atoms with van der Waals surface area (Å²) in [6, 6.07) is 0. The van der Waals surface area contributed by atoms with E-state index in [0.29, 0.717) is 45.0 Å². The summed E-state index contributed by atoms with van der Waals surface area (Å²) in [6.07, 6.45) is 4.41. The van der Waals surface area contributed by atoms with Gasteiger partial charge in [-0.3, -0.25) is 14.7 Å². The van der Waals surface area contributed by atoms with Crippen LogP contribution in [0.2, 0.25) is 0 Å². The van der Waals surface area contributed by atoms with Crippen LogP contribution in [0.4, 0.5) is 0 Å². The molecule has 1 N–H and O–H groups in total. The summed E-state index contributed by atoms with van der Waals surface area (Å²) in [5.74, 6) is -0.110. The molecule has 8 nitrogen and oxygen atoms in total. The highest BCUT2D eigenvalue weighted by Crippen LogP contribution is 2.07. The molecule has 0 radical (unpaired) electrons. The number of nitrogens with one attached hydrogen (secondary N) is 1. The van der Waals surface area contributed by atoms with Gasteiger partial charge in [0.25, 0.3) is 5.91 Å². The van der Waals surface area contributed by atoms with E-state index in [4.69, 9.17) is 0 Å². The second-order valence-corrected chi connectivity index (χ2v) is 7.25. The van der Waals surface area contributed by atoms with Gasteiger partial charge in [0.15, 0.2) is 0 Å². The van der Waals surface area contributed by atoms with Crippen molar-refractivity contribution in [2.24, 2.45) is 0 Å². The molecule has 1 aliphatic heterocycles. The summed E-state index contributed by atoms with van der Waals surface area (Å²) in [5, 5.41) is 2.78. The topological polar surface area (TPSA) is 95.5 Å². The molecule has 0 aliphatic carbocycles. The van der Waals surface area contributed by atoms with E-state index in [-0.39, 0.29) is 11.7 Å². The lowest BCUT2D eigenvalue weighted by atomic mass is 10.3. The molecule has 0 unspecified atom stereocenters. The largest absolute Gasteiger partial charge is 0.349 e. The first-order chi connectivity index (χ1) is 10.5. The molecule has 1 fully saturated rings. The highest BCUT2D eigenvalue weighted by Gasteiger charge is 2.25. The predicted octanol–water partition coefficient (Wildman–Crippen LogP) is -0.826. The second-order valence-electron chi connectivity index (χ2n) is 4.99. The van der Waals surface area contributed by atoms with E-state index in [1.54, 1.807) is 6.92 Å². The van der Waals surface area contributed by atoms with Gasteiger partial charge in [-0.15, -0.1) is 0 Å². The van der Waals surface area contributed by atoms with E-state index in [1.807, 2.05) is 0 Å². The molecule has 1 amide bonds. The van der Waals surface area contributed by atoms with Gasteiger partial charge in [-0.25, -0.2) is 13.4 Å². The van der Waals surface area contributed by atoms with Crippen LogP contribution in [-0.4, -0.2) is 78.5 Å². The molecule has 1 aliphatic rings. The molecule has 2 heterocycles. The van der Waals surface area contributed by atoms with Crippen molar-refractivity contribution in [2.45, 2.75) is 6.92 Å². The number of carbonyl (C=O) groups is 1. The van der Waals surface area contributed by atoms with Crippen molar-refractivity contribution >= 4 is 15.9 Å². The minimum Gasteiger partial charge on any atom is -0.349 e. The Labute approximate surface area is 130 Å². The van der Waals surface area contributed by atoms with Gasteiger partial charge in [-0.05, 0) is 6.92 Å². The number of aromatic nitrogens is 2. The highest BCUT2D eigenvalue weighted by atomic mass is 32.2. The molecular formula is C13H21N5O3S. The number of hydrogen-bond donors (Lipinski definition) is 1. The number of piperazine rings is 1. The molecular weight excluding hydrogens is 306 g/mol. The van der Waals surface area contributed by atoms with Crippen LogP contribution >= 0.6 is 0 Å². The average Bonchev–Trinajstić information content (AvgIpc) is 2.56. The van der Waals surface area contributed by atoms with Gasteiger partial charge in [-0.2, -0.15) is 4.31 Å². The maximum Gasteiger partial charge on any atom is 0.271 e.